The first-order valence-corrected chi connectivity index (χ1v) is 15.3. The van der Waals surface area contributed by atoms with Crippen LogP contribution >= 0.6 is 0 Å². The van der Waals surface area contributed by atoms with Crippen molar-refractivity contribution in [3.63, 3.8) is 0 Å². The van der Waals surface area contributed by atoms with Crippen molar-refractivity contribution in [2.75, 3.05) is 32.8 Å². The Bertz CT molecular complexity index is 1420. The Balaban J connectivity index is 1.27. The molecule has 0 aliphatic carbocycles. The summed E-state index contributed by atoms with van der Waals surface area (Å²) < 4.78 is 35.5. The largest absolute Gasteiger partial charge is 0.492 e. The zero-order chi connectivity index (χ0) is 29.4. The van der Waals surface area contributed by atoms with Gasteiger partial charge in [0.1, 0.15) is 17.8 Å². The van der Waals surface area contributed by atoms with E-state index < -0.39 is 45.7 Å². The molecular formula is C25H38N9O6S+. The van der Waals surface area contributed by atoms with E-state index in [9.17, 15) is 23.4 Å². The Morgan fingerprint density at radius 3 is 2.73 bits per heavy atom. The lowest BCUT2D eigenvalue weighted by atomic mass is 9.79. The Morgan fingerprint density at radius 1 is 1.27 bits per heavy atom. The molecule has 0 bridgehead atoms. The zero-order valence-corrected chi connectivity index (χ0v) is 23.9. The van der Waals surface area contributed by atoms with Crippen LogP contribution in [0.1, 0.15) is 49.0 Å². The average molecular weight is 593 g/mol. The zero-order valence-electron chi connectivity index (χ0n) is 23.1. The molecule has 5 aliphatic rings. The molecule has 5 aliphatic heterocycles. The summed E-state index contributed by atoms with van der Waals surface area (Å²) in [4.78, 5) is 22.5. The molecule has 0 radical (unpaired) electrons. The van der Waals surface area contributed by atoms with Crippen molar-refractivity contribution >= 4 is 28.0 Å². The third-order valence-corrected chi connectivity index (χ3v) is 10.6. The molecule has 2 fully saturated rings. The Labute approximate surface area is 238 Å². The van der Waals surface area contributed by atoms with E-state index in [-0.39, 0.29) is 36.0 Å². The molecule has 2 unspecified atom stereocenters. The standard InChI is InChI=1S/C25H37N9O6S/c1-23(2)8-11-40-18-14(6-5-7-15(18)23)20(35)30-17-13-34-22(27)29-16(12-28-41(38,39)33-9-3-4-10-33)19-24(34,25(17,36)37)32-21(26)31-19/h5-7,16-17,19,28,36-37H,3-4,8-13H2,1-2H3,(H2,27,29)(H,30,35)(H3,26,31,32)/p+1/t16-,17?,19-,24?/m0/s1. The van der Waals surface area contributed by atoms with Crippen LogP contribution in [0, 0.1) is 0 Å². The molecule has 15 nitrogen and oxygen atoms in total. The SMILES string of the molecule is CC1(C)CCOc2c(C(=O)NC3CN4C(N)=N[C@@H](CNS(=O)(=O)N5CCCC5)[C@@H]5[NH+]=C(N)NC54C3(O)O)cccc21. The second kappa shape index (κ2) is 9.42. The fourth-order valence-corrected chi connectivity index (χ4v) is 8.03. The number of ether oxygens (including phenoxy) is 1. The number of amides is 1. The van der Waals surface area contributed by atoms with Crippen molar-refractivity contribution in [3.05, 3.63) is 29.3 Å². The van der Waals surface area contributed by atoms with Crippen molar-refractivity contribution in [1.82, 2.24) is 24.6 Å². The minimum Gasteiger partial charge on any atom is -0.492 e. The summed E-state index contributed by atoms with van der Waals surface area (Å²) in [5, 5.41) is 29.1. The molecule has 1 amide bonds. The van der Waals surface area contributed by atoms with Crippen molar-refractivity contribution in [2.45, 2.75) is 68.1 Å². The summed E-state index contributed by atoms with van der Waals surface area (Å²) in [5.74, 6) is -2.72. The van der Waals surface area contributed by atoms with Gasteiger partial charge in [-0.15, -0.1) is 0 Å². The van der Waals surface area contributed by atoms with Gasteiger partial charge < -0.3 is 26.0 Å². The fourth-order valence-electron chi connectivity index (χ4n) is 6.73. The number of nitrogens with two attached hydrogens (primary N) is 2. The van der Waals surface area contributed by atoms with Crippen LogP contribution in [-0.2, 0) is 15.6 Å². The van der Waals surface area contributed by atoms with Gasteiger partial charge in [0.15, 0.2) is 12.0 Å². The summed E-state index contributed by atoms with van der Waals surface area (Å²) in [7, 11) is -3.77. The molecular weight excluding hydrogens is 554 g/mol. The van der Waals surface area contributed by atoms with Crippen LogP contribution in [0.15, 0.2) is 23.2 Å². The van der Waals surface area contributed by atoms with E-state index in [2.05, 4.69) is 39.2 Å². The average Bonchev–Trinajstić information content (AvgIpc) is 3.62. The molecule has 16 heteroatoms. The smallest absolute Gasteiger partial charge is 0.343 e. The van der Waals surface area contributed by atoms with E-state index in [1.165, 1.54) is 9.21 Å². The van der Waals surface area contributed by atoms with Crippen LogP contribution in [0.25, 0.3) is 0 Å². The summed E-state index contributed by atoms with van der Waals surface area (Å²) in [6.07, 6.45) is 2.37. The van der Waals surface area contributed by atoms with Gasteiger partial charge in [-0.05, 0) is 30.7 Å². The van der Waals surface area contributed by atoms with Crippen LogP contribution in [0.3, 0.4) is 0 Å². The highest BCUT2D eigenvalue weighted by molar-refractivity contribution is 7.87. The number of rotatable bonds is 6. The minimum atomic E-state index is -3.77. The van der Waals surface area contributed by atoms with Crippen molar-refractivity contribution in [2.24, 2.45) is 16.5 Å². The highest BCUT2D eigenvalue weighted by atomic mass is 32.2. The summed E-state index contributed by atoms with van der Waals surface area (Å²) in [6.45, 7) is 5.20. The molecule has 6 rings (SSSR count). The second-order valence-electron chi connectivity index (χ2n) is 12.0. The summed E-state index contributed by atoms with van der Waals surface area (Å²) in [5.41, 5.74) is 11.7. The number of para-hydroxylation sites is 1. The lowest BCUT2D eigenvalue weighted by Crippen LogP contribution is -2.90. The van der Waals surface area contributed by atoms with E-state index in [1.807, 2.05) is 6.07 Å². The fraction of sp³-hybridized carbons (Fsp3) is 0.640. The lowest BCUT2D eigenvalue weighted by molar-refractivity contribution is -0.521. The first kappa shape index (κ1) is 28.0. The van der Waals surface area contributed by atoms with E-state index >= 15 is 0 Å². The van der Waals surface area contributed by atoms with Crippen LogP contribution in [0.4, 0.5) is 0 Å². The molecule has 2 saturated heterocycles. The maximum atomic E-state index is 13.6. The number of hydrogen-bond acceptors (Lipinski definition) is 11. The first-order valence-electron chi connectivity index (χ1n) is 13.8. The van der Waals surface area contributed by atoms with Crippen molar-refractivity contribution in [1.29, 1.82) is 0 Å². The van der Waals surface area contributed by atoms with Crippen LogP contribution in [0.2, 0.25) is 0 Å². The van der Waals surface area contributed by atoms with Gasteiger partial charge in [-0.2, -0.15) is 17.4 Å². The van der Waals surface area contributed by atoms with Crippen molar-refractivity contribution in [3.8, 4) is 5.75 Å². The number of aliphatic hydroxyl groups is 2. The Kier molecular flexibility index (Phi) is 6.42. The maximum absolute atomic E-state index is 13.6. The third-order valence-electron chi connectivity index (χ3n) is 9.03. The second-order valence-corrected chi connectivity index (χ2v) is 13.7. The number of nitrogens with one attached hydrogen (secondary N) is 4. The van der Waals surface area contributed by atoms with Crippen LogP contribution in [-0.4, -0.2) is 108 Å². The monoisotopic (exact) mass is 592 g/mol. The van der Waals surface area contributed by atoms with Gasteiger partial charge in [-0.1, -0.05) is 26.0 Å². The van der Waals surface area contributed by atoms with Crippen LogP contribution in [0.5, 0.6) is 5.75 Å². The Hall–Kier alpha value is -3.18. The third kappa shape index (κ3) is 4.22. The highest BCUT2D eigenvalue weighted by Gasteiger charge is 2.76. The molecule has 0 saturated carbocycles. The summed E-state index contributed by atoms with van der Waals surface area (Å²) >= 11 is 0. The minimum absolute atomic E-state index is 0.0320. The predicted molar refractivity (Wildman–Crippen MR) is 148 cm³/mol. The number of aliphatic imine (C=N–C) groups is 1. The number of carbonyl (C=O) groups excluding carboxylic acids is 1. The first-order chi connectivity index (χ1) is 19.3. The highest BCUT2D eigenvalue weighted by Crippen LogP contribution is 2.43. The molecule has 10 N–H and O–H groups in total. The molecule has 4 atom stereocenters. The maximum Gasteiger partial charge on any atom is 0.343 e. The van der Waals surface area contributed by atoms with Gasteiger partial charge >= 0.3 is 5.96 Å². The van der Waals surface area contributed by atoms with E-state index in [0.29, 0.717) is 25.4 Å². The number of fused-ring (bicyclic) bond motifs is 1. The van der Waals surface area contributed by atoms with Gasteiger partial charge in [0.05, 0.1) is 18.7 Å². The number of benzene rings is 1. The molecule has 1 aromatic carbocycles. The number of nitrogens with zero attached hydrogens (tertiary/aromatic N) is 3. The van der Waals surface area contributed by atoms with E-state index in [1.54, 1.807) is 12.1 Å². The number of guanidine groups is 2. The molecule has 5 heterocycles. The van der Waals surface area contributed by atoms with Crippen LogP contribution < -0.4 is 36.6 Å². The number of hydrogen-bond donors (Lipinski definition) is 8. The Morgan fingerprint density at radius 2 is 2.00 bits per heavy atom. The normalized spacial score (nSPS) is 31.7. The van der Waals surface area contributed by atoms with Crippen molar-refractivity contribution < 1.29 is 33.2 Å². The van der Waals surface area contributed by atoms with Gasteiger partial charge in [0.25, 0.3) is 21.8 Å². The van der Waals surface area contributed by atoms with Gasteiger partial charge in [-0.25, -0.2) is 10.3 Å². The van der Waals surface area contributed by atoms with E-state index in [4.69, 9.17) is 16.2 Å². The molecule has 224 valence electrons. The lowest BCUT2D eigenvalue weighted by Gasteiger charge is -2.46. The quantitative estimate of drug-likeness (QED) is 0.148. The molecule has 0 aromatic heterocycles. The summed E-state index contributed by atoms with van der Waals surface area (Å²) in [6, 6.07) is 2.32. The van der Waals surface area contributed by atoms with E-state index in [0.717, 1.165) is 24.8 Å². The topological polar surface area (TPSA) is 222 Å². The molecule has 41 heavy (non-hydrogen) atoms. The molecule has 1 spiro atoms. The number of carbonyl (C=O) groups is 1. The predicted octanol–water partition coefficient (Wildman–Crippen LogP) is -4.47. The van der Waals surface area contributed by atoms with Gasteiger partial charge in [0.2, 0.25) is 5.79 Å². The van der Waals surface area contributed by atoms with Gasteiger partial charge in [0, 0.05) is 25.2 Å². The van der Waals surface area contributed by atoms with Gasteiger partial charge in [-0.3, -0.25) is 20.4 Å². The molecule has 1 aromatic rings.